The number of hydrogen-bond acceptors (Lipinski definition) is 4. The maximum absolute atomic E-state index is 13.0. The summed E-state index contributed by atoms with van der Waals surface area (Å²) in [5, 5.41) is 5.52. The predicted molar refractivity (Wildman–Crippen MR) is 131 cm³/mol. The molecular weight excluding hydrogens is 457 g/mol. The summed E-state index contributed by atoms with van der Waals surface area (Å²) >= 11 is 0. The van der Waals surface area contributed by atoms with Gasteiger partial charge in [0.2, 0.25) is 5.96 Å². The number of amides is 1. The van der Waals surface area contributed by atoms with Crippen molar-refractivity contribution in [2.45, 2.75) is 33.4 Å². The Kier molecular flexibility index (Phi) is 7.63. The second-order valence-corrected chi connectivity index (χ2v) is 7.73. The van der Waals surface area contributed by atoms with Gasteiger partial charge in [-0.25, -0.2) is 9.98 Å². The monoisotopic (exact) mass is 482 g/mol. The van der Waals surface area contributed by atoms with E-state index in [0.29, 0.717) is 23.9 Å². The molecule has 0 saturated heterocycles. The molecule has 0 bridgehead atoms. The molecule has 2 aromatic heterocycles. The highest BCUT2D eigenvalue weighted by molar-refractivity contribution is 6.04. The number of carbonyl (C=O) groups excluding carboxylic acids is 1. The van der Waals surface area contributed by atoms with Gasteiger partial charge in [0.15, 0.2) is 5.82 Å². The minimum Gasteiger partial charge on any atom is -0.357 e. The number of rotatable bonds is 5. The molecule has 0 aliphatic rings. The summed E-state index contributed by atoms with van der Waals surface area (Å²) in [6, 6.07) is 9.24. The van der Waals surface area contributed by atoms with E-state index in [1.54, 1.807) is 19.2 Å². The number of nitrogens with one attached hydrogen (secondary N) is 2. The maximum atomic E-state index is 13.0. The lowest BCUT2D eigenvalue weighted by molar-refractivity contribution is -0.141. The zero-order valence-electron chi connectivity index (χ0n) is 19.8. The second-order valence-electron chi connectivity index (χ2n) is 7.73. The van der Waals surface area contributed by atoms with Gasteiger partial charge >= 0.3 is 6.18 Å². The van der Waals surface area contributed by atoms with Crippen LogP contribution >= 0.6 is 0 Å². The Labute approximate surface area is 201 Å². The van der Waals surface area contributed by atoms with Gasteiger partial charge in [0, 0.05) is 30.1 Å². The fraction of sp³-hybridized carbons (Fsp3) is 0.240. The average Bonchev–Trinajstić information content (AvgIpc) is 2.83. The summed E-state index contributed by atoms with van der Waals surface area (Å²) in [5.74, 6) is 0.197. The van der Waals surface area contributed by atoms with Crippen molar-refractivity contribution in [2.75, 3.05) is 12.4 Å². The Morgan fingerprint density at radius 1 is 1.09 bits per heavy atom. The van der Waals surface area contributed by atoms with E-state index in [9.17, 15) is 18.0 Å². The first kappa shape index (κ1) is 25.5. The Balaban J connectivity index is 1.98. The molecule has 0 aliphatic carbocycles. The summed E-state index contributed by atoms with van der Waals surface area (Å²) in [6.07, 6.45) is -3.05. The van der Waals surface area contributed by atoms with Gasteiger partial charge in [0.05, 0.1) is 5.69 Å². The zero-order valence-corrected chi connectivity index (χ0v) is 19.8. The van der Waals surface area contributed by atoms with Crippen molar-refractivity contribution >= 4 is 30.1 Å². The van der Waals surface area contributed by atoms with Crippen LogP contribution in [-0.2, 0) is 12.6 Å². The molecule has 0 unspecified atom stereocenters. The van der Waals surface area contributed by atoms with Crippen molar-refractivity contribution in [1.82, 2.24) is 15.3 Å². The van der Waals surface area contributed by atoms with Crippen LogP contribution < -0.4 is 10.6 Å². The lowest BCUT2D eigenvalue weighted by Gasteiger charge is -2.15. The van der Waals surface area contributed by atoms with Crippen molar-refractivity contribution in [1.29, 1.82) is 0 Å². The first-order chi connectivity index (χ1) is 16.6. The summed E-state index contributed by atoms with van der Waals surface area (Å²) < 4.78 is 38.9. The lowest BCUT2D eigenvalue weighted by atomic mass is 9.96. The number of alkyl halides is 3. The van der Waals surface area contributed by atoms with Crippen LogP contribution in [0, 0.1) is 13.8 Å². The smallest absolute Gasteiger partial charge is 0.357 e. The molecule has 3 rings (SSSR count). The van der Waals surface area contributed by atoms with Crippen LogP contribution in [0.2, 0.25) is 0 Å². The van der Waals surface area contributed by atoms with Gasteiger partial charge in [-0.15, -0.1) is 0 Å². The highest BCUT2D eigenvalue weighted by Gasteiger charge is 2.33. The van der Waals surface area contributed by atoms with Gasteiger partial charge in [-0.3, -0.25) is 9.78 Å². The number of benzene rings is 1. The summed E-state index contributed by atoms with van der Waals surface area (Å²) in [7, 11) is 1.69. The molecule has 2 N–H and O–H groups in total. The molecule has 0 atom stereocenters. The molecule has 2 heterocycles. The second kappa shape index (κ2) is 10.5. The number of halogens is 3. The lowest BCUT2D eigenvalue weighted by Crippen LogP contribution is -2.15. The van der Waals surface area contributed by atoms with Gasteiger partial charge in [-0.1, -0.05) is 13.0 Å². The molecule has 35 heavy (non-hydrogen) atoms. The number of aryl methyl sites for hydroxylation is 3. The van der Waals surface area contributed by atoms with E-state index in [2.05, 4.69) is 32.3 Å². The van der Waals surface area contributed by atoms with E-state index < -0.39 is 17.8 Å². The molecule has 1 aromatic carbocycles. The SMILES string of the molecule is C=N/C(=N\c1nc(CC)c(-c2cc(NC(=O)c3ccnc(C(F)(F)F)c3)ccc2C)cc1C)NC. The fourth-order valence-electron chi connectivity index (χ4n) is 3.45. The first-order valence-corrected chi connectivity index (χ1v) is 10.8. The van der Waals surface area contributed by atoms with E-state index in [0.717, 1.165) is 40.2 Å². The number of aliphatic imine (C=N–C) groups is 2. The van der Waals surface area contributed by atoms with Gasteiger partial charge in [-0.2, -0.15) is 18.2 Å². The van der Waals surface area contributed by atoms with Crippen molar-refractivity contribution in [3.05, 3.63) is 70.7 Å². The molecule has 3 aromatic rings. The number of carbonyl (C=O) groups is 1. The van der Waals surface area contributed by atoms with Crippen LogP contribution in [0.4, 0.5) is 24.7 Å². The molecule has 0 saturated carbocycles. The summed E-state index contributed by atoms with van der Waals surface area (Å²) in [5.41, 5.74) is 3.45. The number of pyridine rings is 2. The van der Waals surface area contributed by atoms with E-state index in [-0.39, 0.29) is 5.56 Å². The molecule has 0 radical (unpaired) electrons. The predicted octanol–water partition coefficient (Wildman–Crippen LogP) is 5.50. The van der Waals surface area contributed by atoms with Crippen LogP contribution in [0.25, 0.3) is 11.1 Å². The van der Waals surface area contributed by atoms with Crippen molar-refractivity contribution in [3.63, 3.8) is 0 Å². The van der Waals surface area contributed by atoms with Crippen molar-refractivity contribution in [3.8, 4) is 11.1 Å². The molecule has 182 valence electrons. The van der Waals surface area contributed by atoms with Crippen LogP contribution in [0.1, 0.15) is 39.8 Å². The molecule has 0 aliphatic heterocycles. The number of hydrogen-bond donors (Lipinski definition) is 2. The van der Waals surface area contributed by atoms with E-state index in [1.807, 2.05) is 32.9 Å². The highest BCUT2D eigenvalue weighted by Crippen LogP contribution is 2.33. The largest absolute Gasteiger partial charge is 0.433 e. The Morgan fingerprint density at radius 3 is 2.46 bits per heavy atom. The maximum Gasteiger partial charge on any atom is 0.433 e. The topological polar surface area (TPSA) is 91.6 Å². The van der Waals surface area contributed by atoms with Crippen LogP contribution in [0.3, 0.4) is 0 Å². The summed E-state index contributed by atoms with van der Waals surface area (Å²) in [4.78, 5) is 28.9. The molecule has 0 fully saturated rings. The molecular formula is C25H25F3N6O. The summed E-state index contributed by atoms with van der Waals surface area (Å²) in [6.45, 7) is 9.27. The Bertz CT molecular complexity index is 1300. The number of nitrogens with zero attached hydrogens (tertiary/aromatic N) is 4. The molecule has 0 spiro atoms. The Morgan fingerprint density at radius 2 is 1.83 bits per heavy atom. The van der Waals surface area contributed by atoms with Gasteiger partial charge in [0.25, 0.3) is 5.91 Å². The third kappa shape index (κ3) is 5.89. The van der Waals surface area contributed by atoms with Gasteiger partial charge < -0.3 is 10.6 Å². The van der Waals surface area contributed by atoms with Crippen LogP contribution in [0.15, 0.2) is 52.6 Å². The van der Waals surface area contributed by atoms with Gasteiger partial charge in [0.1, 0.15) is 5.69 Å². The quantitative estimate of drug-likeness (QED) is 0.371. The van der Waals surface area contributed by atoms with E-state index >= 15 is 0 Å². The normalized spacial score (nSPS) is 11.8. The minimum atomic E-state index is -4.64. The number of aromatic nitrogens is 2. The standard InChI is InChI=1S/C25H25F3N6O/c1-6-20-19(11-15(3)22(33-20)34-24(29-4)30-5)18-13-17(8-7-14(18)2)32-23(35)16-9-10-31-21(12-16)25(26,27)28/h7-13H,4,6H2,1-3,5H3,(H,32,35)(H,30,33,34). The van der Waals surface area contributed by atoms with Crippen LogP contribution in [0.5, 0.6) is 0 Å². The molecule has 1 amide bonds. The third-order valence-corrected chi connectivity index (χ3v) is 5.28. The third-order valence-electron chi connectivity index (χ3n) is 5.28. The highest BCUT2D eigenvalue weighted by atomic mass is 19.4. The zero-order chi connectivity index (χ0) is 25.8. The molecule has 10 heteroatoms. The fourth-order valence-corrected chi connectivity index (χ4v) is 3.45. The van der Waals surface area contributed by atoms with E-state index in [1.165, 1.54) is 6.07 Å². The minimum absolute atomic E-state index is 0.139. The van der Waals surface area contributed by atoms with Crippen LogP contribution in [-0.4, -0.2) is 35.6 Å². The average molecular weight is 483 g/mol. The Hall–Kier alpha value is -4.08. The molecule has 7 nitrogen and oxygen atoms in total. The number of anilines is 1. The van der Waals surface area contributed by atoms with Crippen molar-refractivity contribution < 1.29 is 18.0 Å². The first-order valence-electron chi connectivity index (χ1n) is 10.8. The van der Waals surface area contributed by atoms with Crippen molar-refractivity contribution in [2.24, 2.45) is 9.98 Å². The number of guanidine groups is 1. The van der Waals surface area contributed by atoms with Gasteiger partial charge in [-0.05, 0) is 74.0 Å². The van der Waals surface area contributed by atoms with E-state index in [4.69, 9.17) is 4.98 Å².